The number of esters is 1. The largest absolute Gasteiger partial charge is 0.465 e. The Morgan fingerprint density at radius 3 is 2.45 bits per heavy atom. The molecule has 0 unspecified atom stereocenters. The van der Waals surface area contributed by atoms with E-state index in [0.29, 0.717) is 30.0 Å². The molecular formula is C21H27N3O5. The molecule has 8 heteroatoms. The zero-order valence-corrected chi connectivity index (χ0v) is 17.2. The normalized spacial score (nSPS) is 25.7. The lowest BCUT2D eigenvalue weighted by Gasteiger charge is -2.43. The van der Waals surface area contributed by atoms with Crippen LogP contribution in [0.2, 0.25) is 0 Å². The molecular weight excluding hydrogens is 374 g/mol. The van der Waals surface area contributed by atoms with Gasteiger partial charge in [-0.2, -0.15) is 0 Å². The third-order valence-corrected chi connectivity index (χ3v) is 5.52. The molecule has 0 bridgehead atoms. The summed E-state index contributed by atoms with van der Waals surface area (Å²) in [6, 6.07) is 5.63. The number of nitrogens with zero attached hydrogens (tertiary/aromatic N) is 1. The molecule has 2 aliphatic rings. The van der Waals surface area contributed by atoms with Crippen LogP contribution in [0.3, 0.4) is 0 Å². The van der Waals surface area contributed by atoms with Crippen molar-refractivity contribution in [2.24, 2.45) is 11.3 Å². The van der Waals surface area contributed by atoms with Crippen LogP contribution in [0.1, 0.15) is 50.4 Å². The quantitative estimate of drug-likeness (QED) is 0.596. The number of imide groups is 1. The van der Waals surface area contributed by atoms with Crippen LogP contribution in [0.5, 0.6) is 0 Å². The summed E-state index contributed by atoms with van der Waals surface area (Å²) in [7, 11) is 1.29. The number of carbonyl (C=O) groups is 4. The second-order valence-electron chi connectivity index (χ2n) is 8.88. The van der Waals surface area contributed by atoms with Gasteiger partial charge in [0.15, 0.2) is 0 Å². The lowest BCUT2D eigenvalue weighted by Crippen LogP contribution is -2.54. The molecule has 0 radical (unpaired) electrons. The van der Waals surface area contributed by atoms with Gasteiger partial charge in [0.05, 0.1) is 12.7 Å². The zero-order chi connectivity index (χ0) is 21.4. The molecule has 1 spiro atoms. The standard InChI is InChI=1S/C21H27N3O5/c1-13-9-20(2,3)12-21(10-13)18(27)24(19(28)23-21)11-16(25)22-15-7-5-14(6-8-15)17(26)29-4/h5-8,13H,9-12H2,1-4H3,(H,22,25)(H,23,28)/t13-,21+/m1/s1. The van der Waals surface area contributed by atoms with Crippen LogP contribution in [-0.2, 0) is 14.3 Å². The van der Waals surface area contributed by atoms with E-state index in [9.17, 15) is 19.2 Å². The Hall–Kier alpha value is -2.90. The minimum absolute atomic E-state index is 0.0692. The summed E-state index contributed by atoms with van der Waals surface area (Å²) in [6.45, 7) is 5.91. The van der Waals surface area contributed by atoms with Crippen molar-refractivity contribution in [3.8, 4) is 0 Å². The molecule has 0 aromatic heterocycles. The van der Waals surface area contributed by atoms with Gasteiger partial charge < -0.3 is 15.4 Å². The average molecular weight is 401 g/mol. The number of methoxy groups -OCH3 is 1. The van der Waals surface area contributed by atoms with Crippen molar-refractivity contribution in [2.75, 3.05) is 19.0 Å². The molecule has 1 saturated heterocycles. The van der Waals surface area contributed by atoms with E-state index >= 15 is 0 Å². The Kier molecular flexibility index (Phi) is 5.38. The van der Waals surface area contributed by atoms with E-state index in [1.807, 2.05) is 0 Å². The van der Waals surface area contributed by atoms with E-state index in [2.05, 4.69) is 36.1 Å². The molecule has 1 aliphatic heterocycles. The fraction of sp³-hybridized carbons (Fsp3) is 0.524. The van der Waals surface area contributed by atoms with Crippen LogP contribution in [0.4, 0.5) is 10.5 Å². The van der Waals surface area contributed by atoms with E-state index in [0.717, 1.165) is 11.3 Å². The number of anilines is 1. The van der Waals surface area contributed by atoms with Crippen LogP contribution in [0.25, 0.3) is 0 Å². The molecule has 29 heavy (non-hydrogen) atoms. The first kappa shape index (κ1) is 20.8. The minimum Gasteiger partial charge on any atom is -0.465 e. The molecule has 1 saturated carbocycles. The highest BCUT2D eigenvalue weighted by atomic mass is 16.5. The molecule has 1 aromatic carbocycles. The number of nitrogens with one attached hydrogen (secondary N) is 2. The molecule has 1 aliphatic carbocycles. The van der Waals surface area contributed by atoms with E-state index in [-0.39, 0.29) is 17.9 Å². The summed E-state index contributed by atoms with van der Waals surface area (Å²) in [6.07, 6.45) is 2.12. The summed E-state index contributed by atoms with van der Waals surface area (Å²) in [5, 5.41) is 5.50. The maximum Gasteiger partial charge on any atom is 0.337 e. The van der Waals surface area contributed by atoms with Crippen LogP contribution >= 0.6 is 0 Å². The van der Waals surface area contributed by atoms with E-state index in [1.54, 1.807) is 12.1 Å². The molecule has 156 valence electrons. The maximum atomic E-state index is 13.1. The first-order valence-corrected chi connectivity index (χ1v) is 9.68. The number of ether oxygens (including phenoxy) is 1. The van der Waals surface area contributed by atoms with Gasteiger partial charge in [-0.15, -0.1) is 0 Å². The number of urea groups is 1. The highest BCUT2D eigenvalue weighted by molar-refractivity contribution is 6.10. The Bertz CT molecular complexity index is 848. The second kappa shape index (κ2) is 7.50. The fourth-order valence-corrected chi connectivity index (χ4v) is 4.80. The van der Waals surface area contributed by atoms with Gasteiger partial charge >= 0.3 is 12.0 Å². The number of hydrogen-bond donors (Lipinski definition) is 2. The predicted octanol–water partition coefficient (Wildman–Crippen LogP) is 2.55. The van der Waals surface area contributed by atoms with Gasteiger partial charge in [0.2, 0.25) is 5.91 Å². The van der Waals surface area contributed by atoms with Gasteiger partial charge in [-0.1, -0.05) is 20.8 Å². The van der Waals surface area contributed by atoms with Gasteiger partial charge in [-0.05, 0) is 54.9 Å². The molecule has 3 rings (SSSR count). The molecule has 8 nitrogen and oxygen atoms in total. The highest BCUT2D eigenvalue weighted by Gasteiger charge is 2.56. The summed E-state index contributed by atoms with van der Waals surface area (Å²) < 4.78 is 4.63. The number of rotatable bonds is 4. The lowest BCUT2D eigenvalue weighted by atomic mass is 9.64. The number of hydrogen-bond acceptors (Lipinski definition) is 5. The topological polar surface area (TPSA) is 105 Å². The maximum absolute atomic E-state index is 13.1. The number of benzene rings is 1. The van der Waals surface area contributed by atoms with Crippen LogP contribution < -0.4 is 10.6 Å². The molecule has 4 amide bonds. The van der Waals surface area contributed by atoms with Gasteiger partial charge in [0.25, 0.3) is 5.91 Å². The van der Waals surface area contributed by atoms with E-state index < -0.39 is 23.4 Å². The summed E-state index contributed by atoms with van der Waals surface area (Å²) in [4.78, 5) is 50.4. The Morgan fingerprint density at radius 2 is 1.86 bits per heavy atom. The van der Waals surface area contributed by atoms with Crippen molar-refractivity contribution in [1.29, 1.82) is 0 Å². The minimum atomic E-state index is -0.930. The van der Waals surface area contributed by atoms with Crippen molar-refractivity contribution in [1.82, 2.24) is 10.2 Å². The Morgan fingerprint density at radius 1 is 1.21 bits per heavy atom. The monoisotopic (exact) mass is 401 g/mol. The van der Waals surface area contributed by atoms with Gasteiger partial charge in [0.1, 0.15) is 12.1 Å². The van der Waals surface area contributed by atoms with Gasteiger partial charge in [0, 0.05) is 5.69 Å². The number of carbonyl (C=O) groups excluding carboxylic acids is 4. The first-order valence-electron chi connectivity index (χ1n) is 9.68. The summed E-state index contributed by atoms with van der Waals surface area (Å²) in [5.74, 6) is -1.000. The van der Waals surface area contributed by atoms with E-state index in [1.165, 1.54) is 19.2 Å². The molecule has 1 heterocycles. The van der Waals surface area contributed by atoms with Gasteiger partial charge in [-0.25, -0.2) is 9.59 Å². The molecule has 2 fully saturated rings. The first-order chi connectivity index (χ1) is 13.5. The van der Waals surface area contributed by atoms with Crippen molar-refractivity contribution >= 4 is 29.5 Å². The summed E-state index contributed by atoms with van der Waals surface area (Å²) >= 11 is 0. The SMILES string of the molecule is COC(=O)c1ccc(NC(=O)CN2C(=O)N[C@]3(C[C@H](C)CC(C)(C)C3)C2=O)cc1. The molecule has 2 N–H and O–H groups in total. The fourth-order valence-electron chi connectivity index (χ4n) is 4.80. The Labute approximate surface area is 170 Å². The highest BCUT2D eigenvalue weighted by Crippen LogP contribution is 2.46. The van der Waals surface area contributed by atoms with Gasteiger partial charge in [-0.3, -0.25) is 14.5 Å². The predicted molar refractivity (Wildman–Crippen MR) is 106 cm³/mol. The third-order valence-electron chi connectivity index (χ3n) is 5.52. The zero-order valence-electron chi connectivity index (χ0n) is 17.2. The van der Waals surface area contributed by atoms with E-state index in [4.69, 9.17) is 0 Å². The van der Waals surface area contributed by atoms with Crippen molar-refractivity contribution in [2.45, 2.75) is 45.6 Å². The third kappa shape index (κ3) is 4.26. The van der Waals surface area contributed by atoms with Crippen molar-refractivity contribution in [3.05, 3.63) is 29.8 Å². The van der Waals surface area contributed by atoms with Crippen molar-refractivity contribution in [3.63, 3.8) is 0 Å². The molecule has 2 atom stereocenters. The molecule has 1 aromatic rings. The van der Waals surface area contributed by atoms with Crippen LogP contribution in [-0.4, -0.2) is 47.9 Å². The smallest absolute Gasteiger partial charge is 0.337 e. The van der Waals surface area contributed by atoms with Crippen LogP contribution in [0.15, 0.2) is 24.3 Å². The van der Waals surface area contributed by atoms with Crippen LogP contribution in [0, 0.1) is 11.3 Å². The second-order valence-corrected chi connectivity index (χ2v) is 8.88. The average Bonchev–Trinajstić information content (AvgIpc) is 2.83. The van der Waals surface area contributed by atoms with Crippen molar-refractivity contribution < 1.29 is 23.9 Å². The summed E-state index contributed by atoms with van der Waals surface area (Å²) in [5.41, 5.74) is -0.187. The lowest BCUT2D eigenvalue weighted by molar-refractivity contribution is -0.136. The Balaban J connectivity index is 1.67. The number of amides is 4.